The lowest BCUT2D eigenvalue weighted by Gasteiger charge is -2.21. The minimum absolute atomic E-state index is 0.153. The number of hydrogen-bond acceptors (Lipinski definition) is 3. The summed E-state index contributed by atoms with van der Waals surface area (Å²) in [6.45, 7) is 0. The highest BCUT2D eigenvalue weighted by molar-refractivity contribution is 6.03. The van der Waals surface area contributed by atoms with Gasteiger partial charge in [0.25, 0.3) is 0 Å². The molecule has 2 aromatic rings. The first-order valence-electron chi connectivity index (χ1n) is 9.82. The molecule has 1 saturated carbocycles. The average molecular weight is 362 g/mol. The van der Waals surface area contributed by atoms with E-state index < -0.39 is 0 Å². The molecule has 2 aromatic carbocycles. The van der Waals surface area contributed by atoms with Crippen LogP contribution >= 0.6 is 0 Å². The van der Waals surface area contributed by atoms with Crippen molar-refractivity contribution in [1.29, 1.82) is 0 Å². The quantitative estimate of drug-likeness (QED) is 0.731. The summed E-state index contributed by atoms with van der Waals surface area (Å²) < 4.78 is 5.33. The van der Waals surface area contributed by atoms with Crippen molar-refractivity contribution in [2.24, 2.45) is 11.0 Å². The van der Waals surface area contributed by atoms with Crippen LogP contribution in [0, 0.1) is 5.92 Å². The molecular formula is C23H26N2O2. The summed E-state index contributed by atoms with van der Waals surface area (Å²) in [6, 6.07) is 18.6. The van der Waals surface area contributed by atoms with Crippen molar-refractivity contribution in [3.63, 3.8) is 0 Å². The lowest BCUT2D eigenvalue weighted by Crippen LogP contribution is -2.34. The molecule has 1 atom stereocenters. The molecule has 1 unspecified atom stereocenters. The zero-order valence-corrected chi connectivity index (χ0v) is 15.8. The third-order valence-corrected chi connectivity index (χ3v) is 5.47. The smallest absolute Gasteiger partial charge is 0.242 e. The number of hydrazone groups is 1. The van der Waals surface area contributed by atoms with Crippen LogP contribution in [0.2, 0.25) is 0 Å². The number of carbonyl (C=O) groups excluding carboxylic acids is 1. The summed E-state index contributed by atoms with van der Waals surface area (Å²) in [7, 11) is 1.67. The molecule has 4 heteroatoms. The second-order valence-corrected chi connectivity index (χ2v) is 7.47. The van der Waals surface area contributed by atoms with Crippen LogP contribution in [-0.2, 0) is 11.2 Å². The number of ether oxygens (including phenoxy) is 1. The second-order valence-electron chi connectivity index (χ2n) is 7.47. The molecule has 0 bridgehead atoms. The third kappa shape index (κ3) is 4.21. The normalized spacial score (nSPS) is 19.1. The summed E-state index contributed by atoms with van der Waals surface area (Å²) in [4.78, 5) is 12.9. The van der Waals surface area contributed by atoms with Gasteiger partial charge in [-0.15, -0.1) is 0 Å². The van der Waals surface area contributed by atoms with Crippen LogP contribution in [0.5, 0.6) is 5.75 Å². The highest BCUT2D eigenvalue weighted by Gasteiger charge is 2.41. The second kappa shape index (κ2) is 7.95. The molecular weight excluding hydrogens is 336 g/mol. The van der Waals surface area contributed by atoms with Crippen LogP contribution < -0.4 is 4.74 Å². The lowest BCUT2D eigenvalue weighted by molar-refractivity contribution is -0.133. The van der Waals surface area contributed by atoms with Crippen LogP contribution in [0.3, 0.4) is 0 Å². The van der Waals surface area contributed by atoms with E-state index in [2.05, 4.69) is 18.2 Å². The van der Waals surface area contributed by atoms with Gasteiger partial charge in [-0.2, -0.15) is 5.10 Å². The van der Waals surface area contributed by atoms with E-state index in [1.807, 2.05) is 36.4 Å². The monoisotopic (exact) mass is 362 g/mol. The number of amides is 1. The summed E-state index contributed by atoms with van der Waals surface area (Å²) in [6.07, 6.45) is 5.61. The van der Waals surface area contributed by atoms with E-state index in [1.54, 1.807) is 12.1 Å². The van der Waals surface area contributed by atoms with Gasteiger partial charge in [-0.25, -0.2) is 5.01 Å². The molecule has 1 heterocycles. The molecule has 0 spiro atoms. The van der Waals surface area contributed by atoms with Crippen LogP contribution in [-0.4, -0.2) is 29.8 Å². The Kier molecular flexibility index (Phi) is 5.23. The van der Waals surface area contributed by atoms with Gasteiger partial charge in [0.1, 0.15) is 5.75 Å². The molecule has 0 aromatic heterocycles. The molecule has 1 amide bonds. The minimum atomic E-state index is 0.153. The molecule has 140 valence electrons. The van der Waals surface area contributed by atoms with Crippen molar-refractivity contribution in [2.75, 3.05) is 7.11 Å². The van der Waals surface area contributed by atoms with Crippen LogP contribution in [0.15, 0.2) is 59.7 Å². The van der Waals surface area contributed by atoms with Crippen molar-refractivity contribution in [1.82, 2.24) is 5.01 Å². The van der Waals surface area contributed by atoms with Gasteiger partial charge in [0.15, 0.2) is 0 Å². The van der Waals surface area contributed by atoms with Crippen LogP contribution in [0.25, 0.3) is 0 Å². The Morgan fingerprint density at radius 1 is 1.15 bits per heavy atom. The Morgan fingerprint density at radius 2 is 1.96 bits per heavy atom. The maximum Gasteiger partial charge on any atom is 0.242 e. The number of hydrogen-bond donors (Lipinski definition) is 0. The van der Waals surface area contributed by atoms with Crippen molar-refractivity contribution in [3.8, 4) is 5.75 Å². The van der Waals surface area contributed by atoms with Gasteiger partial charge in [-0.05, 0) is 49.3 Å². The zero-order chi connectivity index (χ0) is 18.6. The summed E-state index contributed by atoms with van der Waals surface area (Å²) >= 11 is 0. The maximum atomic E-state index is 12.9. The molecule has 0 saturated heterocycles. The fourth-order valence-corrected chi connectivity index (χ4v) is 3.80. The first kappa shape index (κ1) is 17.8. The highest BCUT2D eigenvalue weighted by atomic mass is 16.5. The van der Waals surface area contributed by atoms with Gasteiger partial charge < -0.3 is 4.74 Å². The highest BCUT2D eigenvalue weighted by Crippen LogP contribution is 2.40. The summed E-state index contributed by atoms with van der Waals surface area (Å²) in [5.74, 6) is 1.58. The Bertz CT molecular complexity index is 827. The van der Waals surface area contributed by atoms with Gasteiger partial charge in [0.05, 0.1) is 18.9 Å². The van der Waals surface area contributed by atoms with E-state index in [9.17, 15) is 4.79 Å². The van der Waals surface area contributed by atoms with Gasteiger partial charge in [-0.3, -0.25) is 4.79 Å². The standard InChI is InChI=1S/C23H26N2O2/c1-27-20-11-6-10-19(15-20)21-16-22(18-13-14-18)25(24-21)23(26)12-5-9-17-7-3-2-4-8-17/h2-4,6-8,10-11,15,18,22H,5,9,12-14,16H2,1H3. The van der Waals surface area contributed by atoms with Crippen molar-refractivity contribution >= 4 is 11.6 Å². The van der Waals surface area contributed by atoms with E-state index in [0.29, 0.717) is 12.3 Å². The van der Waals surface area contributed by atoms with Crippen molar-refractivity contribution in [2.45, 2.75) is 44.6 Å². The molecule has 1 aliphatic heterocycles. The molecule has 1 fully saturated rings. The predicted octanol–water partition coefficient (Wildman–Crippen LogP) is 4.43. The number of benzene rings is 2. The summed E-state index contributed by atoms with van der Waals surface area (Å²) in [5, 5.41) is 6.54. The van der Waals surface area contributed by atoms with Crippen molar-refractivity contribution in [3.05, 3.63) is 65.7 Å². The minimum Gasteiger partial charge on any atom is -0.497 e. The van der Waals surface area contributed by atoms with E-state index in [4.69, 9.17) is 9.84 Å². The van der Waals surface area contributed by atoms with E-state index in [1.165, 1.54) is 18.4 Å². The fourth-order valence-electron chi connectivity index (χ4n) is 3.80. The third-order valence-electron chi connectivity index (χ3n) is 5.47. The van der Waals surface area contributed by atoms with Gasteiger partial charge in [0.2, 0.25) is 5.91 Å². The van der Waals surface area contributed by atoms with E-state index in [0.717, 1.165) is 36.3 Å². The molecule has 4 rings (SSSR count). The molecule has 0 N–H and O–H groups in total. The lowest BCUT2D eigenvalue weighted by atomic mass is 10.0. The first-order chi connectivity index (χ1) is 13.2. The van der Waals surface area contributed by atoms with E-state index >= 15 is 0 Å². The topological polar surface area (TPSA) is 41.9 Å². The Balaban J connectivity index is 1.43. The zero-order valence-electron chi connectivity index (χ0n) is 15.8. The van der Waals surface area contributed by atoms with Gasteiger partial charge in [-0.1, -0.05) is 42.5 Å². The fraction of sp³-hybridized carbons (Fsp3) is 0.391. The number of aryl methyl sites for hydroxylation is 1. The SMILES string of the molecule is COc1cccc(C2=NN(C(=O)CCCc3ccccc3)C(C3CC3)C2)c1. The van der Waals surface area contributed by atoms with E-state index in [-0.39, 0.29) is 11.9 Å². The summed E-state index contributed by atoms with van der Waals surface area (Å²) in [5.41, 5.74) is 3.34. The molecule has 0 radical (unpaired) electrons. The van der Waals surface area contributed by atoms with Crippen molar-refractivity contribution < 1.29 is 9.53 Å². The number of methoxy groups -OCH3 is 1. The van der Waals surface area contributed by atoms with Crippen LogP contribution in [0.1, 0.15) is 43.2 Å². The molecule has 27 heavy (non-hydrogen) atoms. The largest absolute Gasteiger partial charge is 0.497 e. The molecule has 2 aliphatic rings. The number of carbonyl (C=O) groups is 1. The Labute approximate surface area is 160 Å². The molecule has 1 aliphatic carbocycles. The maximum absolute atomic E-state index is 12.9. The number of nitrogens with zero attached hydrogens (tertiary/aromatic N) is 2. The van der Waals surface area contributed by atoms with Gasteiger partial charge >= 0.3 is 0 Å². The van der Waals surface area contributed by atoms with Gasteiger partial charge in [0, 0.05) is 18.4 Å². The first-order valence-corrected chi connectivity index (χ1v) is 9.82. The number of rotatable bonds is 7. The van der Waals surface area contributed by atoms with Crippen LogP contribution in [0.4, 0.5) is 0 Å². The predicted molar refractivity (Wildman–Crippen MR) is 107 cm³/mol. The average Bonchev–Trinajstić information content (AvgIpc) is 3.46. The Morgan fingerprint density at radius 3 is 2.70 bits per heavy atom. The Hall–Kier alpha value is -2.62. The molecule has 4 nitrogen and oxygen atoms in total.